The van der Waals surface area contributed by atoms with Gasteiger partial charge in [-0.2, -0.15) is 5.10 Å². The van der Waals surface area contributed by atoms with Gasteiger partial charge in [0.1, 0.15) is 10.6 Å². The van der Waals surface area contributed by atoms with E-state index in [4.69, 9.17) is 16.6 Å². The molecule has 1 N–H and O–H groups in total. The Hall–Kier alpha value is -1.52. The molecule has 0 aliphatic heterocycles. The van der Waals surface area contributed by atoms with Crippen molar-refractivity contribution in [3.8, 4) is 0 Å². The van der Waals surface area contributed by atoms with Gasteiger partial charge in [-0.15, -0.1) is 4.72 Å². The molecule has 0 saturated heterocycles. The van der Waals surface area contributed by atoms with Gasteiger partial charge in [-0.25, -0.2) is 9.50 Å². The lowest BCUT2D eigenvalue weighted by molar-refractivity contribution is 0.146. The van der Waals surface area contributed by atoms with Crippen LogP contribution >= 0.6 is 23.4 Å². The Morgan fingerprint density at radius 3 is 2.67 bits per heavy atom. The summed E-state index contributed by atoms with van der Waals surface area (Å²) in [5, 5.41) is 4.78. The van der Waals surface area contributed by atoms with E-state index in [1.54, 1.807) is 21.5 Å². The minimum atomic E-state index is -1.06. The zero-order valence-corrected chi connectivity index (χ0v) is 23.7. The van der Waals surface area contributed by atoms with Gasteiger partial charge in [0.15, 0.2) is 0 Å². The molecular formula is C26H34ClN5O2S2. The van der Waals surface area contributed by atoms with Crippen LogP contribution < -0.4 is 10.3 Å². The van der Waals surface area contributed by atoms with Crippen molar-refractivity contribution >= 4 is 40.2 Å². The second kappa shape index (κ2) is 9.98. The molecule has 36 heavy (non-hydrogen) atoms. The van der Waals surface area contributed by atoms with E-state index in [-0.39, 0.29) is 21.6 Å². The maximum atomic E-state index is 13.3. The molecule has 2 saturated carbocycles. The van der Waals surface area contributed by atoms with Crippen LogP contribution in [-0.2, 0) is 18.4 Å². The molecule has 5 rings (SSSR count). The zero-order valence-electron chi connectivity index (χ0n) is 21.3. The highest BCUT2D eigenvalue weighted by Gasteiger charge is 2.48. The molecule has 7 nitrogen and oxygen atoms in total. The maximum Gasteiger partial charge on any atom is 0.267 e. The van der Waals surface area contributed by atoms with Crippen molar-refractivity contribution in [2.75, 3.05) is 0 Å². The summed E-state index contributed by atoms with van der Waals surface area (Å²) in [5.41, 5.74) is 0.968. The molecule has 3 aromatic rings. The highest BCUT2D eigenvalue weighted by molar-refractivity contribution is 7.99. The van der Waals surface area contributed by atoms with Crippen molar-refractivity contribution in [1.29, 1.82) is 0 Å². The Morgan fingerprint density at radius 1 is 1.19 bits per heavy atom. The predicted octanol–water partition coefficient (Wildman–Crippen LogP) is 5.48. The lowest BCUT2D eigenvalue weighted by Crippen LogP contribution is -2.50. The lowest BCUT2D eigenvalue weighted by atomic mass is 9.67. The van der Waals surface area contributed by atoms with Crippen molar-refractivity contribution in [1.82, 2.24) is 23.9 Å². The van der Waals surface area contributed by atoms with Crippen LogP contribution in [0.3, 0.4) is 0 Å². The van der Waals surface area contributed by atoms with E-state index in [0.717, 1.165) is 48.3 Å². The van der Waals surface area contributed by atoms with Gasteiger partial charge in [-0.1, -0.05) is 29.8 Å². The van der Waals surface area contributed by atoms with Crippen LogP contribution in [-0.4, -0.2) is 34.5 Å². The van der Waals surface area contributed by atoms with Crippen molar-refractivity contribution in [2.24, 2.45) is 12.5 Å². The lowest BCUT2D eigenvalue weighted by Gasteiger charge is -2.42. The summed E-state index contributed by atoms with van der Waals surface area (Å²) in [6, 6.07) is 4.03. The number of aromatic nitrogens is 4. The molecule has 2 aliphatic carbocycles. The SMILES string of the molecule is Cn1c(C2CCC3(CCC[C@H]3N[S+]([O-])C(C)(C)C)CC2)ncc(Sc2ccn3nccc3c2Cl)c1=O. The van der Waals surface area contributed by atoms with E-state index < -0.39 is 11.4 Å². The molecule has 0 aromatic carbocycles. The molecule has 2 fully saturated rings. The van der Waals surface area contributed by atoms with Gasteiger partial charge in [-0.3, -0.25) is 9.36 Å². The van der Waals surface area contributed by atoms with Gasteiger partial charge in [-0.05, 0) is 76.8 Å². The van der Waals surface area contributed by atoms with Crippen LogP contribution in [0.5, 0.6) is 0 Å². The van der Waals surface area contributed by atoms with Crippen LogP contribution in [0.25, 0.3) is 5.52 Å². The number of pyridine rings is 1. The van der Waals surface area contributed by atoms with Gasteiger partial charge in [0.25, 0.3) is 5.56 Å². The summed E-state index contributed by atoms with van der Waals surface area (Å²) in [5.74, 6) is 1.12. The van der Waals surface area contributed by atoms with E-state index in [1.807, 2.05) is 46.1 Å². The minimum Gasteiger partial charge on any atom is -0.598 e. The number of rotatable bonds is 5. The summed E-state index contributed by atoms with van der Waals surface area (Å²) in [7, 11) is 1.83. The first-order valence-corrected chi connectivity index (χ1v) is 15.0. The highest BCUT2D eigenvalue weighted by atomic mass is 35.5. The first-order valence-electron chi connectivity index (χ1n) is 12.6. The topological polar surface area (TPSA) is 87.3 Å². The fourth-order valence-electron chi connectivity index (χ4n) is 5.80. The largest absolute Gasteiger partial charge is 0.598 e. The molecule has 3 heterocycles. The number of fused-ring (bicyclic) bond motifs is 1. The normalized spacial score (nSPS) is 25.6. The molecule has 194 valence electrons. The molecule has 1 spiro atoms. The van der Waals surface area contributed by atoms with E-state index in [9.17, 15) is 9.35 Å². The maximum absolute atomic E-state index is 13.3. The van der Waals surface area contributed by atoms with E-state index >= 15 is 0 Å². The monoisotopic (exact) mass is 547 g/mol. The number of nitrogens with zero attached hydrogens (tertiary/aromatic N) is 4. The second-order valence-corrected chi connectivity index (χ2v) is 14.6. The number of hydrogen-bond donors (Lipinski definition) is 1. The van der Waals surface area contributed by atoms with Crippen molar-refractivity contribution in [3.63, 3.8) is 0 Å². The fourth-order valence-corrected chi connectivity index (χ4v) is 8.00. The van der Waals surface area contributed by atoms with Gasteiger partial charge in [0.2, 0.25) is 0 Å². The summed E-state index contributed by atoms with van der Waals surface area (Å²) in [6.07, 6.45) is 12.8. The molecule has 3 aromatic heterocycles. The summed E-state index contributed by atoms with van der Waals surface area (Å²) in [4.78, 5) is 19.4. The van der Waals surface area contributed by atoms with Crippen LogP contribution in [0.15, 0.2) is 45.3 Å². The van der Waals surface area contributed by atoms with E-state index in [1.165, 1.54) is 24.6 Å². The smallest absolute Gasteiger partial charge is 0.267 e. The molecule has 0 amide bonds. The Balaban J connectivity index is 1.30. The van der Waals surface area contributed by atoms with Crippen LogP contribution in [0.1, 0.15) is 77.5 Å². The third-order valence-electron chi connectivity index (χ3n) is 7.93. The fraction of sp³-hybridized carbons (Fsp3) is 0.577. The van der Waals surface area contributed by atoms with Gasteiger partial charge in [0, 0.05) is 41.6 Å². The van der Waals surface area contributed by atoms with Crippen molar-refractivity contribution in [3.05, 3.63) is 51.9 Å². The van der Waals surface area contributed by atoms with Crippen molar-refractivity contribution in [2.45, 2.75) is 92.2 Å². The van der Waals surface area contributed by atoms with Gasteiger partial charge >= 0.3 is 0 Å². The molecule has 10 heteroatoms. The number of halogens is 1. The molecular weight excluding hydrogens is 514 g/mol. The average molecular weight is 548 g/mol. The summed E-state index contributed by atoms with van der Waals surface area (Å²) >= 11 is 6.86. The minimum absolute atomic E-state index is 0.0456. The standard InChI is InChI=1S/C26H34ClN5O2S2/c1-25(2,3)36(34)30-21-6-5-11-26(21)12-7-17(8-13-26)23-28-16-20(24(33)31(23)4)35-19-10-15-32-18(22(19)27)9-14-29-32/h9-10,14-17,21,30H,5-8,11-13H2,1-4H3/t17?,21-,26?,36?/m1/s1. The van der Waals surface area contributed by atoms with Gasteiger partial charge in [0.05, 0.1) is 27.7 Å². The third kappa shape index (κ3) is 4.85. The van der Waals surface area contributed by atoms with Crippen LogP contribution in [0.2, 0.25) is 5.02 Å². The Kier molecular flexibility index (Phi) is 7.24. The Labute approximate surface area is 224 Å². The number of hydrogen-bond acceptors (Lipinski definition) is 6. The number of nitrogens with one attached hydrogen (secondary N) is 1. The molecule has 1 unspecified atom stereocenters. The Bertz CT molecular complexity index is 1310. The van der Waals surface area contributed by atoms with Crippen LogP contribution in [0, 0.1) is 5.41 Å². The molecule has 0 bridgehead atoms. The zero-order chi connectivity index (χ0) is 25.7. The molecule has 2 atom stereocenters. The Morgan fingerprint density at radius 2 is 1.94 bits per heavy atom. The average Bonchev–Trinajstić information content (AvgIpc) is 3.47. The summed E-state index contributed by atoms with van der Waals surface area (Å²) in [6.45, 7) is 6.06. The van der Waals surface area contributed by atoms with E-state index in [2.05, 4.69) is 9.82 Å². The van der Waals surface area contributed by atoms with Gasteiger partial charge < -0.3 is 4.55 Å². The molecule has 0 radical (unpaired) electrons. The second-order valence-electron chi connectivity index (χ2n) is 11.2. The first-order chi connectivity index (χ1) is 17.1. The predicted molar refractivity (Wildman–Crippen MR) is 146 cm³/mol. The summed E-state index contributed by atoms with van der Waals surface area (Å²) < 4.78 is 19.4. The van der Waals surface area contributed by atoms with E-state index in [0.29, 0.717) is 16.0 Å². The third-order valence-corrected chi connectivity index (χ3v) is 11.1. The molecule has 2 aliphatic rings. The van der Waals surface area contributed by atoms with Crippen LogP contribution in [0.4, 0.5) is 0 Å². The first kappa shape index (κ1) is 26.1. The highest BCUT2D eigenvalue weighted by Crippen LogP contribution is 2.52. The van der Waals surface area contributed by atoms with Crippen molar-refractivity contribution < 1.29 is 4.55 Å². The quantitative estimate of drug-likeness (QED) is 0.425.